The van der Waals surface area contributed by atoms with Gasteiger partial charge in [0.05, 0.1) is 19.8 Å². The fourth-order valence-electron chi connectivity index (χ4n) is 1.64. The van der Waals surface area contributed by atoms with Crippen LogP contribution in [0.5, 0.6) is 0 Å². The monoisotopic (exact) mass is 358 g/mol. The molecule has 0 aliphatic heterocycles. The molecule has 118 valence electrons. The smallest absolute Gasteiger partial charge is 0.238 e. The van der Waals surface area contributed by atoms with Crippen LogP contribution in [0.1, 0.15) is 12.8 Å². The molecule has 0 radical (unpaired) electrons. The van der Waals surface area contributed by atoms with E-state index in [9.17, 15) is 4.79 Å². The molecule has 1 rings (SSSR count). The predicted molar refractivity (Wildman–Crippen MR) is 87.6 cm³/mol. The Morgan fingerprint density at radius 1 is 1.14 bits per heavy atom. The van der Waals surface area contributed by atoms with Crippen LogP contribution in [-0.2, 0) is 14.3 Å². The van der Waals surface area contributed by atoms with E-state index in [0.717, 1.165) is 36.2 Å². The molecular formula is C15H23BrN2O3. The number of hydrogen-bond acceptors (Lipinski definition) is 4. The molecule has 0 aromatic heterocycles. The van der Waals surface area contributed by atoms with Gasteiger partial charge in [0.25, 0.3) is 0 Å². The van der Waals surface area contributed by atoms with Gasteiger partial charge in [-0.1, -0.05) is 15.9 Å². The van der Waals surface area contributed by atoms with Crippen LogP contribution in [0.15, 0.2) is 28.7 Å². The number of ether oxygens (including phenoxy) is 2. The van der Waals surface area contributed by atoms with Gasteiger partial charge in [-0.3, -0.25) is 4.79 Å². The first-order valence-corrected chi connectivity index (χ1v) is 7.84. The SMILES string of the molecule is COCCOCCCCNCC(=O)Nc1ccc(Br)cc1. The minimum absolute atomic E-state index is 0.0336. The van der Waals surface area contributed by atoms with Gasteiger partial charge in [-0.25, -0.2) is 0 Å². The molecule has 21 heavy (non-hydrogen) atoms. The van der Waals surface area contributed by atoms with Crippen molar-refractivity contribution < 1.29 is 14.3 Å². The van der Waals surface area contributed by atoms with Gasteiger partial charge in [0.1, 0.15) is 0 Å². The Balaban J connectivity index is 1.97. The predicted octanol–water partition coefficient (Wildman–Crippen LogP) is 2.42. The van der Waals surface area contributed by atoms with Gasteiger partial charge in [0.2, 0.25) is 5.91 Å². The van der Waals surface area contributed by atoms with Crippen LogP contribution >= 0.6 is 15.9 Å². The van der Waals surface area contributed by atoms with E-state index in [1.54, 1.807) is 7.11 Å². The van der Waals surface area contributed by atoms with E-state index in [-0.39, 0.29) is 5.91 Å². The van der Waals surface area contributed by atoms with Crippen molar-refractivity contribution >= 4 is 27.5 Å². The molecule has 1 aromatic rings. The second-order valence-corrected chi connectivity index (χ2v) is 5.46. The van der Waals surface area contributed by atoms with Crippen LogP contribution in [0.25, 0.3) is 0 Å². The first-order chi connectivity index (χ1) is 10.2. The summed E-state index contributed by atoms with van der Waals surface area (Å²) in [5.74, 6) is -0.0336. The maximum atomic E-state index is 11.7. The standard InChI is InChI=1S/C15H23BrN2O3/c1-20-10-11-21-9-3-2-8-17-12-15(19)18-14-6-4-13(16)5-7-14/h4-7,17H,2-3,8-12H2,1H3,(H,18,19). The molecule has 0 saturated heterocycles. The van der Waals surface area contributed by atoms with E-state index >= 15 is 0 Å². The number of nitrogens with one attached hydrogen (secondary N) is 2. The van der Waals surface area contributed by atoms with Gasteiger partial charge >= 0.3 is 0 Å². The van der Waals surface area contributed by atoms with Crippen LogP contribution in [0.4, 0.5) is 5.69 Å². The summed E-state index contributed by atoms with van der Waals surface area (Å²) >= 11 is 3.36. The third-order valence-corrected chi connectivity index (χ3v) is 3.27. The van der Waals surface area contributed by atoms with E-state index in [1.807, 2.05) is 24.3 Å². The highest BCUT2D eigenvalue weighted by Gasteiger charge is 2.01. The van der Waals surface area contributed by atoms with Gasteiger partial charge in [0.15, 0.2) is 0 Å². The van der Waals surface area contributed by atoms with Crippen LogP contribution in [0, 0.1) is 0 Å². The quantitative estimate of drug-likeness (QED) is 0.596. The summed E-state index contributed by atoms with van der Waals surface area (Å²) in [5, 5.41) is 5.95. The normalized spacial score (nSPS) is 10.6. The summed E-state index contributed by atoms with van der Waals surface area (Å²) in [4.78, 5) is 11.7. The first-order valence-electron chi connectivity index (χ1n) is 7.05. The Morgan fingerprint density at radius 2 is 1.90 bits per heavy atom. The highest BCUT2D eigenvalue weighted by atomic mass is 79.9. The third-order valence-electron chi connectivity index (χ3n) is 2.74. The molecule has 0 bridgehead atoms. The van der Waals surface area contributed by atoms with Crippen LogP contribution in [0.3, 0.4) is 0 Å². The molecule has 0 atom stereocenters. The average molecular weight is 359 g/mol. The zero-order chi connectivity index (χ0) is 15.3. The first kappa shape index (κ1) is 18.1. The van der Waals surface area contributed by atoms with Gasteiger partial charge in [-0.15, -0.1) is 0 Å². The lowest BCUT2D eigenvalue weighted by molar-refractivity contribution is -0.115. The molecular weight excluding hydrogens is 336 g/mol. The molecule has 0 heterocycles. The number of anilines is 1. The average Bonchev–Trinajstić information content (AvgIpc) is 2.48. The number of carbonyl (C=O) groups excluding carboxylic acids is 1. The lowest BCUT2D eigenvalue weighted by Crippen LogP contribution is -2.28. The molecule has 0 saturated carbocycles. The fourth-order valence-corrected chi connectivity index (χ4v) is 1.90. The van der Waals surface area contributed by atoms with Crippen LogP contribution in [-0.4, -0.2) is 45.9 Å². The third kappa shape index (κ3) is 9.57. The van der Waals surface area contributed by atoms with Crippen LogP contribution in [0.2, 0.25) is 0 Å². The fraction of sp³-hybridized carbons (Fsp3) is 0.533. The van der Waals surface area contributed by atoms with Crippen molar-refractivity contribution in [2.24, 2.45) is 0 Å². The van der Waals surface area contributed by atoms with Crippen molar-refractivity contribution in [1.29, 1.82) is 0 Å². The number of amides is 1. The number of benzene rings is 1. The molecule has 2 N–H and O–H groups in total. The maximum Gasteiger partial charge on any atom is 0.238 e. The molecule has 1 aromatic carbocycles. The lowest BCUT2D eigenvalue weighted by atomic mass is 10.3. The molecule has 6 heteroatoms. The Kier molecular flexibility index (Phi) is 10.1. The molecule has 5 nitrogen and oxygen atoms in total. The molecule has 1 amide bonds. The van der Waals surface area contributed by atoms with Crippen molar-refractivity contribution in [1.82, 2.24) is 5.32 Å². The zero-order valence-electron chi connectivity index (χ0n) is 12.4. The molecule has 0 aliphatic rings. The number of methoxy groups -OCH3 is 1. The van der Waals surface area contributed by atoms with Crippen molar-refractivity contribution in [3.8, 4) is 0 Å². The van der Waals surface area contributed by atoms with Gasteiger partial charge in [0, 0.05) is 23.9 Å². The number of halogens is 1. The molecule has 0 unspecified atom stereocenters. The Morgan fingerprint density at radius 3 is 2.62 bits per heavy atom. The van der Waals surface area contributed by atoms with Gasteiger partial charge < -0.3 is 20.1 Å². The molecule has 0 spiro atoms. The Bertz CT molecular complexity index is 398. The highest BCUT2D eigenvalue weighted by Crippen LogP contribution is 2.13. The second kappa shape index (κ2) is 11.7. The van der Waals surface area contributed by atoms with Crippen molar-refractivity contribution in [3.63, 3.8) is 0 Å². The summed E-state index contributed by atoms with van der Waals surface area (Å²) in [6.07, 6.45) is 1.96. The molecule has 0 fully saturated rings. The summed E-state index contributed by atoms with van der Waals surface area (Å²) in [5.41, 5.74) is 0.802. The van der Waals surface area contributed by atoms with E-state index in [0.29, 0.717) is 19.8 Å². The number of unbranched alkanes of at least 4 members (excludes halogenated alkanes) is 1. The van der Waals surface area contributed by atoms with Crippen molar-refractivity contribution in [3.05, 3.63) is 28.7 Å². The van der Waals surface area contributed by atoms with E-state index in [2.05, 4.69) is 26.6 Å². The lowest BCUT2D eigenvalue weighted by Gasteiger charge is -2.07. The Labute approximate surface area is 134 Å². The minimum Gasteiger partial charge on any atom is -0.382 e. The number of rotatable bonds is 11. The topological polar surface area (TPSA) is 59.6 Å². The second-order valence-electron chi connectivity index (χ2n) is 4.54. The Hall–Kier alpha value is -0.950. The van der Waals surface area contributed by atoms with E-state index < -0.39 is 0 Å². The van der Waals surface area contributed by atoms with E-state index in [4.69, 9.17) is 9.47 Å². The van der Waals surface area contributed by atoms with Crippen molar-refractivity contribution in [2.75, 3.05) is 45.3 Å². The molecule has 0 aliphatic carbocycles. The van der Waals surface area contributed by atoms with Gasteiger partial charge in [-0.2, -0.15) is 0 Å². The van der Waals surface area contributed by atoms with Crippen molar-refractivity contribution in [2.45, 2.75) is 12.8 Å². The summed E-state index contributed by atoms with van der Waals surface area (Å²) in [7, 11) is 1.66. The zero-order valence-corrected chi connectivity index (χ0v) is 13.9. The van der Waals surface area contributed by atoms with Crippen LogP contribution < -0.4 is 10.6 Å². The summed E-state index contributed by atoms with van der Waals surface area (Å²) in [6, 6.07) is 7.51. The minimum atomic E-state index is -0.0336. The number of carbonyl (C=O) groups is 1. The maximum absolute atomic E-state index is 11.7. The van der Waals surface area contributed by atoms with Gasteiger partial charge in [-0.05, 0) is 43.7 Å². The largest absolute Gasteiger partial charge is 0.382 e. The highest BCUT2D eigenvalue weighted by molar-refractivity contribution is 9.10. The summed E-state index contributed by atoms with van der Waals surface area (Å²) in [6.45, 7) is 3.13. The number of hydrogen-bond donors (Lipinski definition) is 2. The van der Waals surface area contributed by atoms with E-state index in [1.165, 1.54) is 0 Å². The summed E-state index contributed by atoms with van der Waals surface area (Å²) < 4.78 is 11.2.